The number of hydrogen-bond acceptors (Lipinski definition) is 6. The van der Waals surface area contributed by atoms with Gasteiger partial charge >= 0.3 is 0 Å². The molecular weight excluding hydrogens is 376 g/mol. The first kappa shape index (κ1) is 21.9. The second-order valence-corrected chi connectivity index (χ2v) is 7.33. The maximum absolute atomic E-state index is 11.6. The van der Waals surface area contributed by atoms with Crippen molar-refractivity contribution in [3.8, 4) is 5.75 Å². The Morgan fingerprint density at radius 1 is 1.11 bits per heavy atom. The Hall–Kier alpha value is -2.38. The molecule has 0 saturated carbocycles. The topological polar surface area (TPSA) is 88.5 Å². The summed E-state index contributed by atoms with van der Waals surface area (Å²) in [4.78, 5) is 27.2. The van der Waals surface area contributed by atoms with Crippen LogP contribution in [0.5, 0.6) is 5.75 Å². The van der Waals surface area contributed by atoms with E-state index < -0.39 is 0 Å². The second kappa shape index (κ2) is 11.5. The summed E-state index contributed by atoms with van der Waals surface area (Å²) < 4.78 is 5.75. The van der Waals surface area contributed by atoms with Crippen LogP contribution in [0.15, 0.2) is 42.6 Å². The Bertz CT molecular complexity index is 763. The standard InChI is InChI=1S/C19H20N2O3S.C2H6O/c1-2-13-3-6-15(20-12-13)9-10-24-16-7-4-14(5-8-16)11-17-18(22)21-19(23)25-17;1-2-3/h3-8,12,17H,2,9-11H2,1H3,(H,21,22,23);3H,2H2,1H3. The van der Waals surface area contributed by atoms with Crippen molar-refractivity contribution in [2.24, 2.45) is 0 Å². The van der Waals surface area contributed by atoms with E-state index in [4.69, 9.17) is 9.84 Å². The van der Waals surface area contributed by atoms with Crippen LogP contribution >= 0.6 is 11.8 Å². The molecule has 1 aliphatic heterocycles. The number of aliphatic hydroxyl groups excluding tert-OH is 1. The molecule has 3 rings (SSSR count). The average Bonchev–Trinajstić information content (AvgIpc) is 3.01. The number of ether oxygens (including phenoxy) is 1. The Kier molecular flexibility index (Phi) is 8.97. The summed E-state index contributed by atoms with van der Waals surface area (Å²) in [5.41, 5.74) is 3.25. The summed E-state index contributed by atoms with van der Waals surface area (Å²) in [6, 6.07) is 11.8. The molecule has 28 heavy (non-hydrogen) atoms. The molecule has 0 spiro atoms. The zero-order valence-electron chi connectivity index (χ0n) is 16.2. The molecule has 2 N–H and O–H groups in total. The highest BCUT2D eigenvalue weighted by Gasteiger charge is 2.31. The van der Waals surface area contributed by atoms with Gasteiger partial charge in [-0.1, -0.05) is 36.9 Å². The van der Waals surface area contributed by atoms with E-state index in [9.17, 15) is 9.59 Å². The molecule has 1 aromatic carbocycles. The van der Waals surface area contributed by atoms with Crippen molar-refractivity contribution in [1.29, 1.82) is 0 Å². The van der Waals surface area contributed by atoms with Crippen molar-refractivity contribution in [2.75, 3.05) is 13.2 Å². The molecule has 0 bridgehead atoms. The Balaban J connectivity index is 0.000000878. The number of nitrogens with zero attached hydrogens (tertiary/aromatic N) is 1. The fourth-order valence-corrected chi connectivity index (χ4v) is 3.41. The van der Waals surface area contributed by atoms with E-state index in [0.717, 1.165) is 41.6 Å². The van der Waals surface area contributed by atoms with E-state index in [1.807, 2.05) is 36.5 Å². The third-order valence-electron chi connectivity index (χ3n) is 4.03. The first-order valence-electron chi connectivity index (χ1n) is 9.33. The molecule has 2 amide bonds. The molecule has 2 aromatic rings. The average molecular weight is 403 g/mol. The van der Waals surface area contributed by atoms with E-state index in [1.165, 1.54) is 5.56 Å². The van der Waals surface area contributed by atoms with Gasteiger partial charge < -0.3 is 9.84 Å². The van der Waals surface area contributed by atoms with Gasteiger partial charge in [0.05, 0.1) is 11.9 Å². The van der Waals surface area contributed by atoms with Gasteiger partial charge in [-0.3, -0.25) is 19.9 Å². The van der Waals surface area contributed by atoms with E-state index in [1.54, 1.807) is 6.92 Å². The summed E-state index contributed by atoms with van der Waals surface area (Å²) >= 11 is 1.05. The third kappa shape index (κ3) is 6.98. The lowest BCUT2D eigenvalue weighted by Gasteiger charge is -2.09. The molecular formula is C21H26N2O4S. The predicted octanol–water partition coefficient (Wildman–Crippen LogP) is 3.16. The van der Waals surface area contributed by atoms with Gasteiger partial charge in [0.1, 0.15) is 5.75 Å². The van der Waals surface area contributed by atoms with Crippen LogP contribution in [0.4, 0.5) is 4.79 Å². The van der Waals surface area contributed by atoms with Crippen LogP contribution in [0.1, 0.15) is 30.7 Å². The quantitative estimate of drug-likeness (QED) is 0.740. The van der Waals surface area contributed by atoms with Crippen molar-refractivity contribution >= 4 is 22.9 Å². The molecule has 1 atom stereocenters. The number of rotatable bonds is 7. The molecule has 6 nitrogen and oxygen atoms in total. The van der Waals surface area contributed by atoms with Gasteiger partial charge in [0.2, 0.25) is 5.91 Å². The number of imide groups is 1. The Morgan fingerprint density at radius 3 is 2.32 bits per heavy atom. The van der Waals surface area contributed by atoms with Crippen LogP contribution in [0.25, 0.3) is 0 Å². The van der Waals surface area contributed by atoms with Crippen molar-refractivity contribution < 1.29 is 19.4 Å². The molecule has 7 heteroatoms. The van der Waals surface area contributed by atoms with Gasteiger partial charge in [0.25, 0.3) is 5.24 Å². The summed E-state index contributed by atoms with van der Waals surface area (Å²) in [7, 11) is 0. The van der Waals surface area contributed by atoms with Crippen LogP contribution in [-0.4, -0.2) is 39.7 Å². The Labute approximate surface area is 169 Å². The van der Waals surface area contributed by atoms with Crippen molar-refractivity contribution in [3.05, 3.63) is 59.4 Å². The summed E-state index contributed by atoms with van der Waals surface area (Å²) in [5, 5.41) is 9.27. The maximum Gasteiger partial charge on any atom is 0.286 e. The molecule has 1 unspecified atom stereocenters. The monoisotopic (exact) mass is 402 g/mol. The number of aryl methyl sites for hydroxylation is 1. The number of nitrogens with one attached hydrogen (secondary N) is 1. The van der Waals surface area contributed by atoms with E-state index in [2.05, 4.69) is 23.3 Å². The van der Waals surface area contributed by atoms with Crippen molar-refractivity contribution in [1.82, 2.24) is 10.3 Å². The highest BCUT2D eigenvalue weighted by atomic mass is 32.2. The number of aromatic nitrogens is 1. The minimum absolute atomic E-state index is 0.211. The van der Waals surface area contributed by atoms with Gasteiger partial charge in [0, 0.05) is 24.9 Å². The predicted molar refractivity (Wildman–Crippen MR) is 111 cm³/mol. The molecule has 0 aliphatic carbocycles. The number of carbonyl (C=O) groups excluding carboxylic acids is 2. The number of pyridine rings is 1. The lowest BCUT2D eigenvalue weighted by molar-refractivity contribution is -0.118. The number of carbonyl (C=O) groups is 2. The first-order chi connectivity index (χ1) is 13.5. The van der Waals surface area contributed by atoms with Gasteiger partial charge in [-0.15, -0.1) is 0 Å². The number of amides is 2. The van der Waals surface area contributed by atoms with E-state index in [-0.39, 0.29) is 23.0 Å². The van der Waals surface area contributed by atoms with Gasteiger partial charge in [-0.2, -0.15) is 0 Å². The maximum atomic E-state index is 11.6. The summed E-state index contributed by atoms with van der Waals surface area (Å²) in [6.07, 6.45) is 4.19. The van der Waals surface area contributed by atoms with Gasteiger partial charge in [-0.05, 0) is 49.1 Å². The number of aliphatic hydroxyl groups is 1. The number of hydrogen-bond donors (Lipinski definition) is 2. The second-order valence-electron chi connectivity index (χ2n) is 6.16. The summed E-state index contributed by atoms with van der Waals surface area (Å²) in [6.45, 7) is 4.60. The molecule has 2 heterocycles. The number of benzene rings is 1. The summed E-state index contributed by atoms with van der Waals surface area (Å²) in [5.74, 6) is 0.574. The third-order valence-corrected chi connectivity index (χ3v) is 5.01. The fourth-order valence-electron chi connectivity index (χ4n) is 2.55. The minimum atomic E-state index is -0.337. The van der Waals surface area contributed by atoms with Crippen LogP contribution in [0, 0.1) is 0 Å². The lowest BCUT2D eigenvalue weighted by atomic mass is 10.1. The highest BCUT2D eigenvalue weighted by molar-refractivity contribution is 8.15. The first-order valence-corrected chi connectivity index (χ1v) is 10.2. The lowest BCUT2D eigenvalue weighted by Crippen LogP contribution is -2.25. The van der Waals surface area contributed by atoms with Gasteiger partial charge in [-0.25, -0.2) is 0 Å². The molecule has 1 aromatic heterocycles. The van der Waals surface area contributed by atoms with Crippen molar-refractivity contribution in [3.63, 3.8) is 0 Å². The van der Waals surface area contributed by atoms with Crippen LogP contribution < -0.4 is 10.1 Å². The number of thioether (sulfide) groups is 1. The van der Waals surface area contributed by atoms with Crippen LogP contribution in [-0.2, 0) is 24.1 Å². The van der Waals surface area contributed by atoms with Crippen LogP contribution in [0.2, 0.25) is 0 Å². The SMILES string of the molecule is CCO.CCc1ccc(CCOc2ccc(CC3SC(=O)NC3=O)cc2)nc1. The molecule has 150 valence electrons. The van der Waals surface area contributed by atoms with Crippen LogP contribution in [0.3, 0.4) is 0 Å². The largest absolute Gasteiger partial charge is 0.493 e. The zero-order chi connectivity index (χ0) is 20.4. The van der Waals surface area contributed by atoms with Crippen molar-refractivity contribution in [2.45, 2.75) is 38.4 Å². The minimum Gasteiger partial charge on any atom is -0.493 e. The van der Waals surface area contributed by atoms with E-state index in [0.29, 0.717) is 13.0 Å². The van der Waals surface area contributed by atoms with E-state index >= 15 is 0 Å². The fraction of sp³-hybridized carbons (Fsp3) is 0.381. The molecule has 1 fully saturated rings. The highest BCUT2D eigenvalue weighted by Crippen LogP contribution is 2.23. The molecule has 1 saturated heterocycles. The normalized spacial score (nSPS) is 15.6. The smallest absolute Gasteiger partial charge is 0.286 e. The Morgan fingerprint density at radius 2 is 1.79 bits per heavy atom. The zero-order valence-corrected chi connectivity index (χ0v) is 17.0. The molecule has 1 aliphatic rings. The van der Waals surface area contributed by atoms with Gasteiger partial charge in [0.15, 0.2) is 0 Å². The molecule has 0 radical (unpaired) electrons.